The van der Waals surface area contributed by atoms with Crippen LogP contribution in [0.1, 0.15) is 12.8 Å². The van der Waals surface area contributed by atoms with Crippen LogP contribution in [0, 0.1) is 0 Å². The van der Waals surface area contributed by atoms with Crippen LogP contribution in [0.15, 0.2) is 12.7 Å². The molecule has 0 radical (unpaired) electrons. The van der Waals surface area contributed by atoms with E-state index in [1.165, 1.54) is 24.3 Å². The summed E-state index contributed by atoms with van der Waals surface area (Å²) in [5, 5.41) is 3.44. The van der Waals surface area contributed by atoms with E-state index in [4.69, 9.17) is 0 Å². The molecular formula is C8H15NS. The molecule has 1 rings (SSSR count). The van der Waals surface area contributed by atoms with Crippen LogP contribution < -0.4 is 5.32 Å². The average Bonchev–Trinajstić information content (AvgIpc) is 2.03. The summed E-state index contributed by atoms with van der Waals surface area (Å²) in [5.74, 6) is 2.66. The van der Waals surface area contributed by atoms with Crippen molar-refractivity contribution in [3.05, 3.63) is 12.7 Å². The minimum absolute atomic E-state index is 0.763. The van der Waals surface area contributed by atoms with Crippen LogP contribution in [-0.4, -0.2) is 24.1 Å². The van der Waals surface area contributed by atoms with Crippen molar-refractivity contribution in [1.29, 1.82) is 0 Å². The average molecular weight is 157 g/mol. The molecule has 0 unspecified atom stereocenters. The lowest BCUT2D eigenvalue weighted by Gasteiger charge is -2.21. The molecule has 0 bridgehead atoms. The van der Waals surface area contributed by atoms with E-state index in [0.29, 0.717) is 0 Å². The lowest BCUT2D eigenvalue weighted by atomic mass is 10.1. The maximum atomic E-state index is 3.68. The summed E-state index contributed by atoms with van der Waals surface area (Å²) in [6.07, 6.45) is 4.60. The molecule has 1 heterocycles. The Morgan fingerprint density at radius 1 is 1.50 bits per heavy atom. The normalized spacial score (nSPS) is 20.8. The van der Waals surface area contributed by atoms with Gasteiger partial charge in [-0.15, -0.1) is 6.58 Å². The van der Waals surface area contributed by atoms with Gasteiger partial charge in [0.25, 0.3) is 0 Å². The van der Waals surface area contributed by atoms with Crippen LogP contribution in [0.2, 0.25) is 0 Å². The van der Waals surface area contributed by atoms with E-state index in [2.05, 4.69) is 23.7 Å². The molecule has 0 aromatic rings. The maximum absolute atomic E-state index is 3.68. The van der Waals surface area contributed by atoms with E-state index in [0.717, 1.165) is 12.6 Å². The fourth-order valence-electron chi connectivity index (χ4n) is 1.15. The topological polar surface area (TPSA) is 12.0 Å². The Labute approximate surface area is 67.3 Å². The number of rotatable bonds is 3. The molecule has 1 saturated heterocycles. The first-order chi connectivity index (χ1) is 4.93. The molecule has 0 amide bonds. The number of nitrogens with one attached hydrogen (secondary N) is 1. The van der Waals surface area contributed by atoms with E-state index < -0.39 is 0 Å². The minimum atomic E-state index is 0.763. The van der Waals surface area contributed by atoms with Gasteiger partial charge in [0.05, 0.1) is 0 Å². The van der Waals surface area contributed by atoms with Crippen molar-refractivity contribution in [1.82, 2.24) is 5.32 Å². The summed E-state index contributed by atoms with van der Waals surface area (Å²) in [6.45, 7) is 4.64. The van der Waals surface area contributed by atoms with Gasteiger partial charge in [0.2, 0.25) is 0 Å². The molecule has 1 aliphatic rings. The highest BCUT2D eigenvalue weighted by Crippen LogP contribution is 2.16. The van der Waals surface area contributed by atoms with E-state index in [-0.39, 0.29) is 0 Å². The van der Waals surface area contributed by atoms with Crippen molar-refractivity contribution >= 4 is 11.8 Å². The SMILES string of the molecule is C=CCNC1CCSCC1. The lowest BCUT2D eigenvalue weighted by molar-refractivity contribution is 0.508. The third-order valence-electron chi connectivity index (χ3n) is 1.77. The highest BCUT2D eigenvalue weighted by Gasteiger charge is 2.10. The fraction of sp³-hybridized carbons (Fsp3) is 0.750. The highest BCUT2D eigenvalue weighted by atomic mass is 32.2. The number of thioether (sulfide) groups is 1. The molecule has 0 spiro atoms. The van der Waals surface area contributed by atoms with Gasteiger partial charge in [0, 0.05) is 12.6 Å². The molecule has 0 aliphatic carbocycles. The molecule has 0 saturated carbocycles. The molecule has 0 aromatic carbocycles. The molecule has 0 aromatic heterocycles. The Bertz CT molecular complexity index is 97.4. The van der Waals surface area contributed by atoms with E-state index in [1.54, 1.807) is 0 Å². The Morgan fingerprint density at radius 2 is 2.20 bits per heavy atom. The van der Waals surface area contributed by atoms with E-state index >= 15 is 0 Å². The van der Waals surface area contributed by atoms with Crippen LogP contribution in [-0.2, 0) is 0 Å². The first kappa shape index (κ1) is 8.15. The predicted molar refractivity (Wildman–Crippen MR) is 48.5 cm³/mol. The second kappa shape index (κ2) is 4.80. The van der Waals surface area contributed by atoms with Crippen molar-refractivity contribution in [2.75, 3.05) is 18.1 Å². The molecule has 10 heavy (non-hydrogen) atoms. The summed E-state index contributed by atoms with van der Waals surface area (Å²) in [4.78, 5) is 0. The lowest BCUT2D eigenvalue weighted by Crippen LogP contribution is -2.32. The second-order valence-electron chi connectivity index (χ2n) is 2.58. The molecule has 1 N–H and O–H groups in total. The van der Waals surface area contributed by atoms with Crippen molar-refractivity contribution in [3.63, 3.8) is 0 Å². The van der Waals surface area contributed by atoms with Gasteiger partial charge in [-0.1, -0.05) is 6.08 Å². The standard InChI is InChI=1S/C8H15NS/c1-2-5-9-8-3-6-10-7-4-8/h2,8-9H,1,3-7H2. The van der Waals surface area contributed by atoms with Crippen LogP contribution in [0.3, 0.4) is 0 Å². The fourth-order valence-corrected chi connectivity index (χ4v) is 2.26. The summed E-state index contributed by atoms with van der Waals surface area (Å²) in [7, 11) is 0. The third kappa shape index (κ3) is 2.76. The molecule has 2 heteroatoms. The Morgan fingerprint density at radius 3 is 2.80 bits per heavy atom. The zero-order chi connectivity index (χ0) is 7.23. The first-order valence-electron chi connectivity index (χ1n) is 3.85. The minimum Gasteiger partial charge on any atom is -0.310 e. The van der Waals surface area contributed by atoms with Gasteiger partial charge in [-0.3, -0.25) is 0 Å². The van der Waals surface area contributed by atoms with Crippen molar-refractivity contribution < 1.29 is 0 Å². The van der Waals surface area contributed by atoms with Crippen molar-refractivity contribution in [3.8, 4) is 0 Å². The van der Waals surface area contributed by atoms with Crippen LogP contribution >= 0.6 is 11.8 Å². The zero-order valence-electron chi connectivity index (χ0n) is 6.31. The van der Waals surface area contributed by atoms with Gasteiger partial charge < -0.3 is 5.32 Å². The summed E-state index contributed by atoms with van der Waals surface area (Å²) >= 11 is 2.07. The summed E-state index contributed by atoms with van der Waals surface area (Å²) in [6, 6.07) is 0.763. The third-order valence-corrected chi connectivity index (χ3v) is 2.82. The Balaban J connectivity index is 2.07. The predicted octanol–water partition coefficient (Wildman–Crippen LogP) is 1.66. The molecule has 58 valence electrons. The Hall–Kier alpha value is 0.0500. The Kier molecular flexibility index (Phi) is 3.91. The zero-order valence-corrected chi connectivity index (χ0v) is 7.12. The van der Waals surface area contributed by atoms with Gasteiger partial charge in [-0.05, 0) is 24.3 Å². The molecule has 0 atom stereocenters. The summed E-state index contributed by atoms with van der Waals surface area (Å²) < 4.78 is 0. The van der Waals surface area contributed by atoms with E-state index in [1.807, 2.05) is 6.08 Å². The number of hydrogen-bond donors (Lipinski definition) is 1. The van der Waals surface area contributed by atoms with Crippen LogP contribution in [0.4, 0.5) is 0 Å². The van der Waals surface area contributed by atoms with Crippen molar-refractivity contribution in [2.24, 2.45) is 0 Å². The molecule has 1 fully saturated rings. The quantitative estimate of drug-likeness (QED) is 0.625. The smallest absolute Gasteiger partial charge is 0.0134 e. The molecule has 1 aliphatic heterocycles. The van der Waals surface area contributed by atoms with Crippen molar-refractivity contribution in [2.45, 2.75) is 18.9 Å². The van der Waals surface area contributed by atoms with E-state index in [9.17, 15) is 0 Å². The number of hydrogen-bond acceptors (Lipinski definition) is 2. The molecule has 1 nitrogen and oxygen atoms in total. The monoisotopic (exact) mass is 157 g/mol. The van der Waals surface area contributed by atoms with Gasteiger partial charge in [-0.25, -0.2) is 0 Å². The first-order valence-corrected chi connectivity index (χ1v) is 5.01. The second-order valence-corrected chi connectivity index (χ2v) is 3.81. The molecular weight excluding hydrogens is 142 g/mol. The summed E-state index contributed by atoms with van der Waals surface area (Å²) in [5.41, 5.74) is 0. The highest BCUT2D eigenvalue weighted by molar-refractivity contribution is 7.99. The van der Waals surface area contributed by atoms with Crippen LogP contribution in [0.25, 0.3) is 0 Å². The van der Waals surface area contributed by atoms with Gasteiger partial charge >= 0.3 is 0 Å². The van der Waals surface area contributed by atoms with Gasteiger partial charge in [-0.2, -0.15) is 11.8 Å². The maximum Gasteiger partial charge on any atom is 0.0134 e. The van der Waals surface area contributed by atoms with Gasteiger partial charge in [0.15, 0.2) is 0 Å². The largest absolute Gasteiger partial charge is 0.310 e. The van der Waals surface area contributed by atoms with Crippen LogP contribution in [0.5, 0.6) is 0 Å². The van der Waals surface area contributed by atoms with Gasteiger partial charge in [0.1, 0.15) is 0 Å².